The number of rotatable bonds is 5. The number of hydrogen-bond donors (Lipinski definition) is 0. The summed E-state index contributed by atoms with van der Waals surface area (Å²) >= 11 is 11.8. The predicted octanol–water partition coefficient (Wildman–Crippen LogP) is 6.56. The lowest BCUT2D eigenvalue weighted by molar-refractivity contribution is -0.143. The number of benzene rings is 1. The summed E-state index contributed by atoms with van der Waals surface area (Å²) in [6.45, 7) is 3.59. The largest absolute Gasteiger partial charge is 0.468 e. The Morgan fingerprint density at radius 3 is 2.20 bits per heavy atom. The molecule has 1 aromatic heterocycles. The second kappa shape index (κ2) is 6.12. The van der Waals surface area contributed by atoms with Crippen molar-refractivity contribution in [1.29, 1.82) is 5.26 Å². The third-order valence-electron chi connectivity index (χ3n) is 4.67. The number of nitriles is 1. The van der Waals surface area contributed by atoms with Crippen LogP contribution in [0, 0.1) is 11.3 Å². The molecule has 13 heteroatoms. The van der Waals surface area contributed by atoms with E-state index in [-0.39, 0.29) is 34.8 Å². The maximum atomic E-state index is 13.2. The van der Waals surface area contributed by atoms with Crippen LogP contribution in [0.4, 0.5) is 19.4 Å². The van der Waals surface area contributed by atoms with Crippen molar-refractivity contribution in [2.45, 2.75) is 23.2 Å². The first-order chi connectivity index (χ1) is 13.6. The minimum atomic E-state index is -10.0. The molecular formula is C17H12Cl2F5N3O2S. The summed E-state index contributed by atoms with van der Waals surface area (Å²) in [6.07, 6.45) is 1.88. The van der Waals surface area contributed by atoms with Crippen molar-refractivity contribution in [3.8, 4) is 11.8 Å². The van der Waals surface area contributed by atoms with Gasteiger partial charge in [0.1, 0.15) is 16.7 Å². The Bertz CT molecular complexity index is 1130. The molecule has 5 nitrogen and oxygen atoms in total. The Kier molecular flexibility index (Phi) is 4.57. The van der Waals surface area contributed by atoms with Gasteiger partial charge in [0.15, 0.2) is 5.69 Å². The van der Waals surface area contributed by atoms with Crippen LogP contribution in [0.5, 0.6) is 0 Å². The fourth-order valence-corrected chi connectivity index (χ4v) is 4.64. The van der Waals surface area contributed by atoms with Gasteiger partial charge in [-0.1, -0.05) is 49.2 Å². The first-order valence-electron chi connectivity index (χ1n) is 8.07. The number of methoxy groups -OCH3 is 1. The molecule has 0 N–H and O–H groups in total. The number of hydrogen-bond acceptors (Lipinski definition) is 4. The zero-order valence-corrected chi connectivity index (χ0v) is 17.4. The number of ether oxygens (including phenoxy) is 1. The quantitative estimate of drug-likeness (QED) is 0.353. The molecule has 1 fully saturated rings. The monoisotopic (exact) mass is 487 g/mol. The van der Waals surface area contributed by atoms with Gasteiger partial charge in [-0.05, 0) is 31.1 Å². The zero-order chi connectivity index (χ0) is 22.8. The lowest BCUT2D eigenvalue weighted by Gasteiger charge is -2.40. The molecule has 1 aliphatic rings. The minimum Gasteiger partial charge on any atom is -0.468 e. The number of halogens is 7. The second-order valence-electron chi connectivity index (χ2n) is 6.61. The topological polar surface area (TPSA) is 67.9 Å². The lowest BCUT2D eigenvalue weighted by Crippen LogP contribution is -2.23. The maximum absolute atomic E-state index is 13.2. The molecule has 0 spiro atoms. The highest BCUT2D eigenvalue weighted by molar-refractivity contribution is 8.45. The fourth-order valence-electron chi connectivity index (χ4n) is 3.18. The maximum Gasteiger partial charge on any atom is 0.316 e. The molecular weight excluding hydrogens is 476 g/mol. The second-order valence-corrected chi connectivity index (χ2v) is 9.84. The smallest absolute Gasteiger partial charge is 0.316 e. The Labute approximate surface area is 177 Å². The zero-order valence-electron chi connectivity index (χ0n) is 15.1. The summed E-state index contributed by atoms with van der Waals surface area (Å²) in [5, 5.41) is 11.9. The predicted molar refractivity (Wildman–Crippen MR) is 103 cm³/mol. The van der Waals surface area contributed by atoms with Crippen LogP contribution in [0.25, 0.3) is 11.8 Å². The normalized spacial score (nSPS) is 17.4. The van der Waals surface area contributed by atoms with Crippen LogP contribution in [0.2, 0.25) is 10.0 Å². The number of nitrogens with zero attached hydrogens (tertiary/aromatic N) is 3. The van der Waals surface area contributed by atoms with E-state index in [1.165, 1.54) is 13.2 Å². The molecule has 162 valence electrons. The Hall–Kier alpha value is -2.29. The summed E-state index contributed by atoms with van der Waals surface area (Å²) < 4.78 is 71.5. The van der Waals surface area contributed by atoms with E-state index < -0.39 is 36.5 Å². The van der Waals surface area contributed by atoms with Gasteiger partial charge < -0.3 is 4.74 Å². The molecule has 0 aliphatic heterocycles. The standard InChI is InChI=1S/C17H12Cl2F5N3O2S/c1-3-13-14(17(4-5-17)16(28)29-2)12(8-25)26-27(13)15-10(18)6-9(7-11(15)19)30(20,21,22,23)24/h3,6-7H,1,4-5H2,2H3. The van der Waals surface area contributed by atoms with Gasteiger partial charge in [-0.25, -0.2) is 4.68 Å². The lowest BCUT2D eigenvalue weighted by atomic mass is 9.93. The van der Waals surface area contributed by atoms with E-state index in [9.17, 15) is 29.5 Å². The van der Waals surface area contributed by atoms with E-state index in [0.717, 1.165) is 4.68 Å². The van der Waals surface area contributed by atoms with Gasteiger partial charge in [0.25, 0.3) is 0 Å². The van der Waals surface area contributed by atoms with Crippen molar-refractivity contribution in [1.82, 2.24) is 9.78 Å². The molecule has 0 bridgehead atoms. The highest BCUT2D eigenvalue weighted by Crippen LogP contribution is 3.02. The molecule has 0 radical (unpaired) electrons. The van der Waals surface area contributed by atoms with Crippen LogP contribution in [0.15, 0.2) is 23.6 Å². The van der Waals surface area contributed by atoms with E-state index >= 15 is 0 Å². The molecule has 2 aromatic rings. The number of esters is 1. The molecule has 0 amide bonds. The van der Waals surface area contributed by atoms with Crippen molar-refractivity contribution in [3.63, 3.8) is 0 Å². The van der Waals surface area contributed by atoms with Gasteiger partial charge in [0, 0.05) is 5.56 Å². The van der Waals surface area contributed by atoms with Crippen LogP contribution in [0.1, 0.15) is 29.8 Å². The third-order valence-corrected chi connectivity index (χ3v) is 6.38. The number of aromatic nitrogens is 2. The molecule has 1 aromatic carbocycles. The summed E-state index contributed by atoms with van der Waals surface area (Å²) in [7, 11) is -8.88. The van der Waals surface area contributed by atoms with Gasteiger partial charge >= 0.3 is 16.2 Å². The third kappa shape index (κ3) is 3.53. The van der Waals surface area contributed by atoms with Crippen molar-refractivity contribution in [3.05, 3.63) is 45.7 Å². The molecule has 3 rings (SSSR count). The van der Waals surface area contributed by atoms with E-state index in [2.05, 4.69) is 11.7 Å². The number of carbonyl (C=O) groups is 1. The molecule has 1 heterocycles. The first-order valence-corrected chi connectivity index (χ1v) is 10.8. The highest BCUT2D eigenvalue weighted by Gasteiger charge is 2.65. The SMILES string of the molecule is C=Cc1c(C2(C(=O)OC)CC2)c(C#N)nn1-c1c(Cl)cc(S(F)(F)(F)(F)F)cc1Cl. The Balaban J connectivity index is 2.31. The molecule has 0 saturated heterocycles. The van der Waals surface area contributed by atoms with E-state index in [4.69, 9.17) is 27.9 Å². The fraction of sp³-hybridized carbons (Fsp3) is 0.235. The van der Waals surface area contributed by atoms with E-state index in [1.807, 2.05) is 0 Å². The van der Waals surface area contributed by atoms with Crippen molar-refractivity contribution in [2.24, 2.45) is 0 Å². The van der Waals surface area contributed by atoms with E-state index in [0.29, 0.717) is 12.8 Å². The molecule has 0 atom stereocenters. The van der Waals surface area contributed by atoms with Gasteiger partial charge in [0.05, 0.1) is 28.3 Å². The van der Waals surface area contributed by atoms with Crippen LogP contribution in [0.3, 0.4) is 0 Å². The number of carbonyl (C=O) groups excluding carboxylic acids is 1. The summed E-state index contributed by atoms with van der Waals surface area (Å²) in [5.41, 5.74) is -1.57. The van der Waals surface area contributed by atoms with Gasteiger partial charge in [0.2, 0.25) is 0 Å². The van der Waals surface area contributed by atoms with Crippen LogP contribution in [-0.4, -0.2) is 22.9 Å². The first kappa shape index (κ1) is 22.4. The minimum absolute atomic E-state index is 0.0395. The Morgan fingerprint density at radius 2 is 1.83 bits per heavy atom. The Morgan fingerprint density at radius 1 is 1.30 bits per heavy atom. The summed E-state index contributed by atoms with van der Waals surface area (Å²) in [4.78, 5) is 10.0. The molecule has 0 unspecified atom stereocenters. The van der Waals surface area contributed by atoms with E-state index in [1.54, 1.807) is 6.07 Å². The van der Waals surface area contributed by atoms with Gasteiger partial charge in [-0.3, -0.25) is 4.79 Å². The molecule has 1 saturated carbocycles. The van der Waals surface area contributed by atoms with Crippen molar-refractivity contribution < 1.29 is 29.0 Å². The van der Waals surface area contributed by atoms with Crippen molar-refractivity contribution >= 4 is 45.5 Å². The van der Waals surface area contributed by atoms with Crippen LogP contribution in [-0.2, 0) is 14.9 Å². The average molecular weight is 488 g/mol. The summed E-state index contributed by atoms with van der Waals surface area (Å²) in [6, 6.07) is 1.88. The van der Waals surface area contributed by atoms with Crippen LogP contribution < -0.4 is 0 Å². The average Bonchev–Trinajstić information content (AvgIpc) is 3.34. The highest BCUT2D eigenvalue weighted by atomic mass is 35.5. The van der Waals surface area contributed by atoms with Crippen molar-refractivity contribution in [2.75, 3.05) is 7.11 Å². The summed E-state index contributed by atoms with van der Waals surface area (Å²) in [5.74, 6) is -0.630. The van der Waals surface area contributed by atoms with Crippen LogP contribution >= 0.6 is 33.4 Å². The van der Waals surface area contributed by atoms with Gasteiger partial charge in [-0.15, -0.1) is 0 Å². The van der Waals surface area contributed by atoms with Gasteiger partial charge in [-0.2, -0.15) is 10.4 Å². The molecule has 1 aliphatic carbocycles. The molecule has 30 heavy (non-hydrogen) atoms.